The minimum Gasteiger partial charge on any atom is -0.326 e. The highest BCUT2D eigenvalue weighted by Gasteiger charge is 2.21. The Hall–Kier alpha value is -3.51. The lowest BCUT2D eigenvalue weighted by Gasteiger charge is -2.32. The third-order valence-electron chi connectivity index (χ3n) is 6.70. The van der Waals surface area contributed by atoms with Crippen LogP contribution in [0.15, 0.2) is 84.1 Å². The summed E-state index contributed by atoms with van der Waals surface area (Å²) in [6.07, 6.45) is 6.01. The van der Waals surface area contributed by atoms with Gasteiger partial charge in [0.2, 0.25) is 5.91 Å². The molecule has 2 aromatic carbocycles. The van der Waals surface area contributed by atoms with Crippen LogP contribution in [0.1, 0.15) is 56.6 Å². The Kier molecular flexibility index (Phi) is 9.22. The van der Waals surface area contributed by atoms with Crippen LogP contribution in [0, 0.1) is 5.92 Å². The Morgan fingerprint density at radius 2 is 1.81 bits per heavy atom. The Morgan fingerprint density at radius 1 is 1.03 bits per heavy atom. The van der Waals surface area contributed by atoms with Crippen LogP contribution in [0.2, 0.25) is 0 Å². The molecule has 0 atom stereocenters. The van der Waals surface area contributed by atoms with Gasteiger partial charge in [-0.1, -0.05) is 62.4 Å². The van der Waals surface area contributed by atoms with E-state index in [1.165, 1.54) is 5.56 Å². The number of rotatable bonds is 10. The molecule has 0 saturated carbocycles. The molecule has 6 nitrogen and oxygen atoms in total. The predicted molar refractivity (Wildman–Crippen MR) is 148 cm³/mol. The van der Waals surface area contributed by atoms with Crippen molar-refractivity contribution in [3.8, 4) is 0 Å². The summed E-state index contributed by atoms with van der Waals surface area (Å²) in [6.45, 7) is 7.09. The zero-order chi connectivity index (χ0) is 25.2. The van der Waals surface area contributed by atoms with Crippen molar-refractivity contribution in [2.45, 2.75) is 45.4 Å². The molecule has 0 spiro atoms. The monoisotopic (exact) mass is 483 g/mol. The number of carbonyl (C=O) groups excluding carboxylic acids is 1. The quantitative estimate of drug-likeness (QED) is 0.268. The number of hydrogen-bond donors (Lipinski definition) is 2. The van der Waals surface area contributed by atoms with Gasteiger partial charge < -0.3 is 10.2 Å². The summed E-state index contributed by atoms with van der Waals surface area (Å²) in [5, 5.41) is 7.73. The van der Waals surface area contributed by atoms with Crippen molar-refractivity contribution >= 4 is 23.1 Å². The molecule has 0 radical (unpaired) electrons. The summed E-state index contributed by atoms with van der Waals surface area (Å²) in [5.74, 6) is 1.34. The maximum absolute atomic E-state index is 12.1. The number of nitrogens with one attached hydrogen (secondary N) is 2. The van der Waals surface area contributed by atoms with Gasteiger partial charge in [-0.25, -0.2) is 4.98 Å². The van der Waals surface area contributed by atoms with Crippen LogP contribution in [0.4, 0.5) is 11.5 Å². The number of pyridine rings is 1. The summed E-state index contributed by atoms with van der Waals surface area (Å²) in [5.41, 5.74) is 7.54. The molecule has 1 saturated heterocycles. The van der Waals surface area contributed by atoms with E-state index in [1.807, 2.05) is 44.2 Å². The van der Waals surface area contributed by atoms with Crippen molar-refractivity contribution in [3.63, 3.8) is 0 Å². The minimum atomic E-state index is -0.0184. The van der Waals surface area contributed by atoms with Gasteiger partial charge in [0, 0.05) is 17.8 Å². The molecule has 1 fully saturated rings. The number of aromatic nitrogens is 1. The van der Waals surface area contributed by atoms with Gasteiger partial charge in [-0.2, -0.15) is 5.10 Å². The number of hydrazone groups is 1. The summed E-state index contributed by atoms with van der Waals surface area (Å²) in [7, 11) is 0. The molecule has 36 heavy (non-hydrogen) atoms. The average molecular weight is 484 g/mol. The van der Waals surface area contributed by atoms with Gasteiger partial charge in [-0.3, -0.25) is 10.2 Å². The van der Waals surface area contributed by atoms with Crippen molar-refractivity contribution < 1.29 is 4.79 Å². The van der Waals surface area contributed by atoms with Gasteiger partial charge in [0.05, 0.1) is 5.71 Å². The first kappa shape index (κ1) is 25.6. The SMILES string of the molecule is CC(C)C(=O)Nc1cccc(C2CCN(CCCC(=NNc3ccccn3)c3ccccc3)CC2)c1. The molecule has 0 aliphatic carbocycles. The molecule has 1 aliphatic rings. The molecule has 2 N–H and O–H groups in total. The molecule has 1 aromatic heterocycles. The fraction of sp³-hybridized carbons (Fsp3) is 0.367. The van der Waals surface area contributed by atoms with Gasteiger partial charge >= 0.3 is 0 Å². The van der Waals surface area contributed by atoms with Crippen molar-refractivity contribution in [2.24, 2.45) is 11.0 Å². The van der Waals surface area contributed by atoms with Crippen molar-refractivity contribution in [1.29, 1.82) is 0 Å². The summed E-state index contributed by atoms with van der Waals surface area (Å²) >= 11 is 0. The van der Waals surface area contributed by atoms with E-state index in [0.717, 1.165) is 68.1 Å². The van der Waals surface area contributed by atoms with E-state index < -0.39 is 0 Å². The number of benzene rings is 2. The van der Waals surface area contributed by atoms with E-state index in [4.69, 9.17) is 5.10 Å². The zero-order valence-corrected chi connectivity index (χ0v) is 21.4. The third-order valence-corrected chi connectivity index (χ3v) is 6.70. The fourth-order valence-electron chi connectivity index (χ4n) is 4.57. The van der Waals surface area contributed by atoms with Gasteiger partial charge in [-0.05, 0) is 86.6 Å². The molecule has 2 heterocycles. The molecule has 4 rings (SSSR count). The number of hydrogen-bond acceptors (Lipinski definition) is 5. The van der Waals surface area contributed by atoms with Crippen LogP contribution < -0.4 is 10.7 Å². The second-order valence-corrected chi connectivity index (χ2v) is 9.74. The van der Waals surface area contributed by atoms with Crippen LogP contribution in [0.3, 0.4) is 0 Å². The van der Waals surface area contributed by atoms with Crippen molar-refractivity contribution in [2.75, 3.05) is 30.4 Å². The minimum absolute atomic E-state index is 0.0184. The molecule has 1 amide bonds. The molecule has 0 unspecified atom stereocenters. The smallest absolute Gasteiger partial charge is 0.226 e. The summed E-state index contributed by atoms with van der Waals surface area (Å²) < 4.78 is 0. The van der Waals surface area contributed by atoms with E-state index in [0.29, 0.717) is 5.92 Å². The second kappa shape index (κ2) is 13.0. The molecular formula is C30H37N5O. The van der Waals surface area contributed by atoms with E-state index in [-0.39, 0.29) is 11.8 Å². The van der Waals surface area contributed by atoms with Gasteiger partial charge in [0.25, 0.3) is 0 Å². The van der Waals surface area contributed by atoms with Crippen LogP contribution in [-0.4, -0.2) is 41.1 Å². The summed E-state index contributed by atoms with van der Waals surface area (Å²) in [6, 6.07) is 24.5. The van der Waals surface area contributed by atoms with Crippen LogP contribution >= 0.6 is 0 Å². The number of anilines is 2. The number of likely N-dealkylation sites (tertiary alicyclic amines) is 1. The Bertz CT molecular complexity index is 1120. The van der Waals surface area contributed by atoms with E-state index in [2.05, 4.69) is 63.1 Å². The largest absolute Gasteiger partial charge is 0.326 e. The van der Waals surface area contributed by atoms with Crippen molar-refractivity contribution in [3.05, 3.63) is 90.1 Å². The predicted octanol–water partition coefficient (Wildman–Crippen LogP) is 6.15. The van der Waals surface area contributed by atoms with E-state index >= 15 is 0 Å². The fourth-order valence-corrected chi connectivity index (χ4v) is 4.57. The van der Waals surface area contributed by atoms with Gasteiger partial charge in [0.1, 0.15) is 5.82 Å². The first-order chi connectivity index (χ1) is 17.6. The molecule has 0 bridgehead atoms. The molecular weight excluding hydrogens is 446 g/mol. The van der Waals surface area contributed by atoms with Gasteiger partial charge in [-0.15, -0.1) is 0 Å². The lowest BCUT2D eigenvalue weighted by atomic mass is 9.89. The number of carbonyl (C=O) groups is 1. The third kappa shape index (κ3) is 7.49. The topological polar surface area (TPSA) is 69.6 Å². The highest BCUT2D eigenvalue weighted by Crippen LogP contribution is 2.30. The lowest BCUT2D eigenvalue weighted by molar-refractivity contribution is -0.118. The first-order valence-corrected chi connectivity index (χ1v) is 13.0. The number of amides is 1. The van der Waals surface area contributed by atoms with Crippen molar-refractivity contribution in [1.82, 2.24) is 9.88 Å². The van der Waals surface area contributed by atoms with Crippen LogP contribution in [0.25, 0.3) is 0 Å². The zero-order valence-electron chi connectivity index (χ0n) is 21.4. The maximum atomic E-state index is 12.1. The first-order valence-electron chi connectivity index (χ1n) is 13.0. The van der Waals surface area contributed by atoms with Gasteiger partial charge in [0.15, 0.2) is 0 Å². The second-order valence-electron chi connectivity index (χ2n) is 9.74. The molecule has 1 aliphatic heterocycles. The van der Waals surface area contributed by atoms with E-state index in [1.54, 1.807) is 6.20 Å². The Balaban J connectivity index is 1.28. The number of nitrogens with zero attached hydrogens (tertiary/aromatic N) is 3. The van der Waals surface area contributed by atoms with Crippen LogP contribution in [-0.2, 0) is 4.79 Å². The normalized spacial score (nSPS) is 15.1. The molecule has 188 valence electrons. The molecule has 6 heteroatoms. The Labute approximate surface area is 214 Å². The highest BCUT2D eigenvalue weighted by molar-refractivity contribution is 6.00. The van der Waals surface area contributed by atoms with E-state index in [9.17, 15) is 4.79 Å². The Morgan fingerprint density at radius 3 is 2.53 bits per heavy atom. The standard InChI is InChI=1S/C30H37N5O/c1-23(2)30(36)32-27-13-8-12-26(22-27)24-16-20-35(21-17-24)19-9-14-28(25-10-4-3-5-11-25)33-34-29-15-6-7-18-31-29/h3-8,10-13,15,18,22-24H,9,14,16-17,19-21H2,1-2H3,(H,31,34)(H,32,36). The molecule has 3 aromatic rings. The lowest BCUT2D eigenvalue weighted by Crippen LogP contribution is -2.34. The number of piperidine rings is 1. The average Bonchev–Trinajstić information content (AvgIpc) is 2.92. The highest BCUT2D eigenvalue weighted by atomic mass is 16.1. The summed E-state index contributed by atoms with van der Waals surface area (Å²) in [4.78, 5) is 18.9. The maximum Gasteiger partial charge on any atom is 0.226 e. The van der Waals surface area contributed by atoms with Crippen LogP contribution in [0.5, 0.6) is 0 Å².